The van der Waals surface area contributed by atoms with Crippen molar-refractivity contribution in [2.24, 2.45) is 0 Å². The third-order valence-corrected chi connectivity index (χ3v) is 11.6. The fourth-order valence-corrected chi connectivity index (χ4v) is 8.66. The number of rotatable bonds is 10. The Labute approximate surface area is 360 Å². The van der Waals surface area contributed by atoms with Gasteiger partial charge in [0.05, 0.1) is 23.7 Å². The molecule has 0 aliphatic carbocycles. The summed E-state index contributed by atoms with van der Waals surface area (Å²) in [6.07, 6.45) is 14.3. The average molecular weight is 804 g/mol. The first-order chi connectivity index (χ1) is 30.7. The Hall–Kier alpha value is -8.23. The largest absolute Gasteiger partial charge is 0.361 e. The van der Waals surface area contributed by atoms with Crippen molar-refractivity contribution in [3.8, 4) is 22.3 Å². The second kappa shape index (κ2) is 15.7. The molecule has 62 heavy (non-hydrogen) atoms. The Balaban J connectivity index is 0.972. The van der Waals surface area contributed by atoms with Crippen molar-refractivity contribution in [2.75, 3.05) is 21.8 Å². The summed E-state index contributed by atoms with van der Waals surface area (Å²) in [4.78, 5) is 15.6. The number of anilines is 5. The van der Waals surface area contributed by atoms with Gasteiger partial charge >= 0.3 is 0 Å². The molecule has 0 spiro atoms. The number of para-hydroxylation sites is 4. The van der Waals surface area contributed by atoms with Gasteiger partial charge in [0.15, 0.2) is 0 Å². The number of nitrogens with zero attached hydrogens (tertiary/aromatic N) is 6. The smallest absolute Gasteiger partial charge is 0.202 e. The molecule has 0 radical (unpaired) electrons. The number of fused-ring (bicyclic) bond motifs is 4. The summed E-state index contributed by atoms with van der Waals surface area (Å²) in [6, 6.07) is 63.7. The molecule has 1 N–H and O–H groups in total. The highest BCUT2D eigenvalue weighted by atomic mass is 16.8. The van der Waals surface area contributed by atoms with E-state index in [1.54, 1.807) is 9.46 Å². The van der Waals surface area contributed by atoms with Crippen molar-refractivity contribution in [3.05, 3.63) is 230 Å². The predicted octanol–water partition coefficient (Wildman–Crippen LogP) is 10.8. The maximum atomic E-state index is 6.55. The lowest BCUT2D eigenvalue weighted by molar-refractivity contribution is -1.16. The molecule has 0 saturated heterocycles. The van der Waals surface area contributed by atoms with Crippen LogP contribution in [0.1, 0.15) is 17.3 Å². The van der Waals surface area contributed by atoms with Crippen molar-refractivity contribution in [1.82, 2.24) is 9.55 Å². The highest BCUT2D eigenvalue weighted by molar-refractivity contribution is 6.07. The van der Waals surface area contributed by atoms with Gasteiger partial charge in [0.25, 0.3) is 0 Å². The molecule has 1 aliphatic rings. The standard InChI is InChI=1S/C54H41N7O/c1-39-25-27-43(28-26-39)56-54(42-29-32-55-33-30-42)61-49-22-9-8-19-47(49)48-31-35-58(37-52(48)61)62-57-34-13-18-44(36-57)59-38-60(51-24-11-10-23-50(51)59)53-45(40-14-4-2-5-15-40)20-12-21-46(53)41-16-6-3-7-17-41/h2-35,54,56H,38H2,1H3. The number of hydrogen-bond acceptors (Lipinski definition) is 5. The Bertz CT molecular complexity index is 3130. The molecule has 0 bridgehead atoms. The maximum absolute atomic E-state index is 6.55. The molecule has 0 amide bonds. The minimum absolute atomic E-state index is 0.273. The van der Waals surface area contributed by atoms with Gasteiger partial charge in [-0.1, -0.05) is 138 Å². The Morgan fingerprint density at radius 2 is 1.23 bits per heavy atom. The minimum Gasteiger partial charge on any atom is -0.361 e. The Morgan fingerprint density at radius 1 is 0.581 bits per heavy atom. The van der Waals surface area contributed by atoms with Gasteiger partial charge in [-0.15, -0.1) is 12.1 Å². The van der Waals surface area contributed by atoms with E-state index in [-0.39, 0.29) is 6.17 Å². The number of pyridine rings is 3. The van der Waals surface area contributed by atoms with Crippen molar-refractivity contribution in [1.29, 1.82) is 0 Å². The summed E-state index contributed by atoms with van der Waals surface area (Å²) < 4.78 is 5.53. The Morgan fingerprint density at radius 3 is 1.95 bits per heavy atom. The highest BCUT2D eigenvalue weighted by Crippen LogP contribution is 2.49. The van der Waals surface area contributed by atoms with Gasteiger partial charge in [-0.05, 0) is 85.9 Å². The maximum Gasteiger partial charge on any atom is 0.202 e. The van der Waals surface area contributed by atoms with E-state index >= 15 is 0 Å². The molecule has 4 aromatic heterocycles. The van der Waals surface area contributed by atoms with Gasteiger partial charge in [0, 0.05) is 45.9 Å². The molecule has 6 aromatic carbocycles. The number of benzene rings is 6. The molecule has 5 heterocycles. The molecule has 11 rings (SSSR count). The van der Waals surface area contributed by atoms with Crippen LogP contribution in [-0.4, -0.2) is 16.2 Å². The van der Waals surface area contributed by atoms with Crippen LogP contribution < -0.4 is 29.5 Å². The fourth-order valence-electron chi connectivity index (χ4n) is 8.66. The molecule has 8 nitrogen and oxygen atoms in total. The monoisotopic (exact) mass is 803 g/mol. The predicted molar refractivity (Wildman–Crippen MR) is 246 cm³/mol. The highest BCUT2D eigenvalue weighted by Gasteiger charge is 2.31. The first-order valence-corrected chi connectivity index (χ1v) is 20.8. The molecule has 8 heteroatoms. The summed E-state index contributed by atoms with van der Waals surface area (Å²) >= 11 is 0. The van der Waals surface area contributed by atoms with E-state index in [4.69, 9.17) is 4.94 Å². The summed E-state index contributed by atoms with van der Waals surface area (Å²) in [7, 11) is 0. The van der Waals surface area contributed by atoms with Crippen LogP contribution in [0.15, 0.2) is 207 Å². The molecular weight excluding hydrogens is 763 g/mol. The third kappa shape index (κ3) is 6.73. The van der Waals surface area contributed by atoms with Crippen molar-refractivity contribution < 1.29 is 14.4 Å². The summed E-state index contributed by atoms with van der Waals surface area (Å²) in [6.45, 7) is 2.67. The lowest BCUT2D eigenvalue weighted by Gasteiger charge is -2.27. The molecule has 298 valence electrons. The van der Waals surface area contributed by atoms with Crippen LogP contribution in [0.5, 0.6) is 0 Å². The second-order valence-corrected chi connectivity index (χ2v) is 15.4. The van der Waals surface area contributed by atoms with Crippen molar-refractivity contribution >= 4 is 50.2 Å². The van der Waals surface area contributed by atoms with Gasteiger partial charge < -0.3 is 19.7 Å². The van der Waals surface area contributed by atoms with Gasteiger partial charge in [0.1, 0.15) is 18.6 Å². The quantitative estimate of drug-likeness (QED) is 0.110. The van der Waals surface area contributed by atoms with Crippen LogP contribution in [0.2, 0.25) is 0 Å². The van der Waals surface area contributed by atoms with E-state index in [2.05, 4.69) is 220 Å². The van der Waals surface area contributed by atoms with E-state index in [0.717, 1.165) is 66.9 Å². The van der Waals surface area contributed by atoms with Crippen molar-refractivity contribution in [2.45, 2.75) is 13.1 Å². The molecule has 1 aliphatic heterocycles. The van der Waals surface area contributed by atoms with Crippen LogP contribution in [0.4, 0.5) is 28.4 Å². The summed E-state index contributed by atoms with van der Waals surface area (Å²) in [5.41, 5.74) is 14.1. The molecule has 1 unspecified atom stereocenters. The third-order valence-electron chi connectivity index (χ3n) is 11.6. The Kier molecular flexibility index (Phi) is 9.35. The average Bonchev–Trinajstić information content (AvgIpc) is 3.88. The second-order valence-electron chi connectivity index (χ2n) is 15.4. The topological polar surface area (TPSA) is 53.3 Å². The molecule has 10 aromatic rings. The van der Waals surface area contributed by atoms with Gasteiger partial charge in [-0.25, -0.2) is 0 Å². The van der Waals surface area contributed by atoms with Gasteiger partial charge in [-0.3, -0.25) is 4.98 Å². The zero-order valence-corrected chi connectivity index (χ0v) is 34.0. The van der Waals surface area contributed by atoms with Crippen molar-refractivity contribution in [3.63, 3.8) is 0 Å². The van der Waals surface area contributed by atoms with E-state index in [9.17, 15) is 0 Å². The van der Waals surface area contributed by atoms with Crippen LogP contribution in [-0.2, 0) is 0 Å². The minimum atomic E-state index is -0.273. The summed E-state index contributed by atoms with van der Waals surface area (Å²) in [5, 5.41) is 6.00. The first-order valence-electron chi connectivity index (χ1n) is 20.8. The lowest BCUT2D eigenvalue weighted by Crippen LogP contribution is -2.60. The van der Waals surface area contributed by atoms with Crippen LogP contribution in [0, 0.1) is 19.3 Å². The number of aryl methyl sites for hydroxylation is 1. The normalized spacial score (nSPS) is 12.7. The number of hydrogen-bond donors (Lipinski definition) is 1. The molecule has 0 saturated carbocycles. The zero-order valence-electron chi connectivity index (χ0n) is 34.0. The molecule has 0 fully saturated rings. The van der Waals surface area contributed by atoms with E-state index in [1.165, 1.54) is 16.7 Å². The number of nitrogens with one attached hydrogen (secondary N) is 1. The van der Waals surface area contributed by atoms with E-state index in [1.807, 2.05) is 30.9 Å². The van der Waals surface area contributed by atoms with Crippen LogP contribution in [0.25, 0.3) is 44.1 Å². The summed E-state index contributed by atoms with van der Waals surface area (Å²) in [5.74, 6) is 0. The zero-order chi connectivity index (χ0) is 41.4. The molecule has 1 atom stereocenters. The van der Waals surface area contributed by atoms with E-state index in [0.29, 0.717) is 6.67 Å². The van der Waals surface area contributed by atoms with E-state index < -0.39 is 0 Å². The molecular formula is C54H41N7O. The van der Waals surface area contributed by atoms with Gasteiger partial charge in [0.2, 0.25) is 12.4 Å². The fraction of sp³-hybridized carbons (Fsp3) is 0.0556. The number of aromatic nitrogens is 4. The first kappa shape index (κ1) is 36.8. The van der Waals surface area contributed by atoms with Crippen LogP contribution in [0.3, 0.4) is 0 Å². The van der Waals surface area contributed by atoms with Gasteiger partial charge in [-0.2, -0.15) is 0 Å². The SMILES string of the molecule is Cc1ccc(NC(c2ccncc2)n2c3[c-][n+](O[n+]4[c-]c(N5CN(c6c(-c7ccccc7)cccc6-c6ccccc6)c6ccccc65)ccc4)ccc3c3ccccc32)cc1. The lowest BCUT2D eigenvalue weighted by atomic mass is 9.95. The van der Waals surface area contributed by atoms with Crippen LogP contribution >= 0.6 is 0 Å².